The van der Waals surface area contributed by atoms with Crippen molar-refractivity contribution in [2.75, 3.05) is 13.6 Å². The van der Waals surface area contributed by atoms with Crippen LogP contribution in [0.4, 0.5) is 0 Å². The van der Waals surface area contributed by atoms with Gasteiger partial charge in [0.2, 0.25) is 0 Å². The lowest BCUT2D eigenvalue weighted by molar-refractivity contribution is -0.116. The number of rotatable bonds is 6. The molecule has 0 aromatic carbocycles. The zero-order valence-electron chi connectivity index (χ0n) is 12.0. The van der Waals surface area contributed by atoms with Crippen LogP contribution in [-0.2, 0) is 4.79 Å². The minimum absolute atomic E-state index is 0.156. The van der Waals surface area contributed by atoms with E-state index in [0.29, 0.717) is 6.04 Å². The maximum absolute atomic E-state index is 11.1. The quantitative estimate of drug-likeness (QED) is 0.661. The first-order valence-corrected chi connectivity index (χ1v) is 7.21. The van der Waals surface area contributed by atoms with Crippen LogP contribution in [0.2, 0.25) is 0 Å². The smallest absolute Gasteiger partial charge is 0.127 e. The second kappa shape index (κ2) is 6.53. The van der Waals surface area contributed by atoms with E-state index in [1.807, 2.05) is 0 Å². The number of hydrogen-bond acceptors (Lipinski definition) is 2. The molecular formula is C15H29NO. The highest BCUT2D eigenvalue weighted by Crippen LogP contribution is 2.30. The molecule has 0 saturated heterocycles. The Balaban J connectivity index is 2.43. The molecule has 0 N–H and O–H groups in total. The summed E-state index contributed by atoms with van der Waals surface area (Å²) in [5.74, 6) is 0.947. The molecule has 1 aliphatic rings. The molecule has 1 fully saturated rings. The van der Waals surface area contributed by atoms with Gasteiger partial charge in [-0.1, -0.05) is 27.2 Å². The molecule has 0 aliphatic heterocycles. The zero-order valence-corrected chi connectivity index (χ0v) is 12.0. The molecule has 0 heterocycles. The molecule has 1 rings (SSSR count). The van der Waals surface area contributed by atoms with Gasteiger partial charge in [-0.15, -0.1) is 0 Å². The van der Waals surface area contributed by atoms with E-state index < -0.39 is 0 Å². The molecule has 0 bridgehead atoms. The number of hydrogen-bond donors (Lipinski definition) is 0. The van der Waals surface area contributed by atoms with Gasteiger partial charge in [0, 0.05) is 18.0 Å². The van der Waals surface area contributed by atoms with Crippen LogP contribution >= 0.6 is 0 Å². The molecule has 1 aliphatic carbocycles. The van der Waals surface area contributed by atoms with E-state index >= 15 is 0 Å². The monoisotopic (exact) mass is 239 g/mol. The van der Waals surface area contributed by atoms with Crippen LogP contribution in [0.15, 0.2) is 0 Å². The summed E-state index contributed by atoms with van der Waals surface area (Å²) in [6, 6.07) is 0.698. The van der Waals surface area contributed by atoms with Gasteiger partial charge in [-0.25, -0.2) is 0 Å². The Hall–Kier alpha value is -0.370. The fourth-order valence-electron chi connectivity index (χ4n) is 2.93. The van der Waals surface area contributed by atoms with Crippen molar-refractivity contribution in [2.45, 2.75) is 65.3 Å². The summed E-state index contributed by atoms with van der Waals surface area (Å²) in [5.41, 5.74) is -0.156. The largest absolute Gasteiger partial charge is 0.303 e. The van der Waals surface area contributed by atoms with Gasteiger partial charge >= 0.3 is 0 Å². The maximum atomic E-state index is 11.1. The van der Waals surface area contributed by atoms with Crippen LogP contribution in [0.1, 0.15) is 59.3 Å². The summed E-state index contributed by atoms with van der Waals surface area (Å²) in [6.07, 6.45) is 8.77. The highest BCUT2D eigenvalue weighted by atomic mass is 16.1. The van der Waals surface area contributed by atoms with Crippen LogP contribution in [0.3, 0.4) is 0 Å². The van der Waals surface area contributed by atoms with E-state index in [-0.39, 0.29) is 5.41 Å². The molecule has 0 spiro atoms. The topological polar surface area (TPSA) is 20.3 Å². The molecule has 0 aromatic heterocycles. The average Bonchev–Trinajstić information content (AvgIpc) is 2.38. The first kappa shape index (κ1) is 14.7. The summed E-state index contributed by atoms with van der Waals surface area (Å²) >= 11 is 0. The summed E-state index contributed by atoms with van der Waals surface area (Å²) in [6.45, 7) is 7.40. The molecule has 1 atom stereocenters. The molecule has 1 saturated carbocycles. The highest BCUT2D eigenvalue weighted by Gasteiger charge is 2.28. The van der Waals surface area contributed by atoms with Crippen LogP contribution in [0, 0.1) is 11.3 Å². The summed E-state index contributed by atoms with van der Waals surface area (Å²) in [7, 11) is 2.19. The van der Waals surface area contributed by atoms with Gasteiger partial charge in [-0.3, -0.25) is 0 Å². The van der Waals surface area contributed by atoms with Crippen LogP contribution in [0.5, 0.6) is 0 Å². The molecular weight excluding hydrogens is 210 g/mol. The molecule has 0 radical (unpaired) electrons. The standard InChI is InChI=1S/C15H29NO/c1-5-13-7-9-14(10-8-13)16(4)11-15(3,6-2)12-17/h12-14H,5-11H2,1-4H3. The van der Waals surface area contributed by atoms with Crippen molar-refractivity contribution < 1.29 is 4.79 Å². The lowest BCUT2D eigenvalue weighted by Crippen LogP contribution is -2.42. The fourth-order valence-corrected chi connectivity index (χ4v) is 2.93. The predicted molar refractivity (Wildman–Crippen MR) is 73.1 cm³/mol. The molecule has 2 nitrogen and oxygen atoms in total. The Labute approximate surface area is 107 Å². The molecule has 0 aromatic rings. The van der Waals surface area contributed by atoms with Gasteiger partial charge in [-0.2, -0.15) is 0 Å². The van der Waals surface area contributed by atoms with Gasteiger partial charge in [0.15, 0.2) is 0 Å². The number of aldehydes is 1. The van der Waals surface area contributed by atoms with E-state index in [0.717, 1.165) is 25.2 Å². The average molecular weight is 239 g/mol. The summed E-state index contributed by atoms with van der Waals surface area (Å²) in [5, 5.41) is 0. The minimum atomic E-state index is -0.156. The van der Waals surface area contributed by atoms with Crippen molar-refractivity contribution >= 4 is 6.29 Å². The van der Waals surface area contributed by atoms with Crippen molar-refractivity contribution in [3.63, 3.8) is 0 Å². The van der Waals surface area contributed by atoms with Gasteiger partial charge in [0.05, 0.1) is 0 Å². The lowest BCUT2D eigenvalue weighted by atomic mass is 9.82. The molecule has 0 amide bonds. The Bertz CT molecular complexity index is 233. The molecule has 100 valence electrons. The van der Waals surface area contributed by atoms with Crippen molar-refractivity contribution in [3.05, 3.63) is 0 Å². The Morgan fingerprint density at radius 2 is 1.82 bits per heavy atom. The molecule has 1 unspecified atom stereocenters. The Morgan fingerprint density at radius 3 is 2.24 bits per heavy atom. The lowest BCUT2D eigenvalue weighted by Gasteiger charge is -2.37. The van der Waals surface area contributed by atoms with Gasteiger partial charge in [0.1, 0.15) is 6.29 Å². The number of carbonyl (C=O) groups is 1. The van der Waals surface area contributed by atoms with Gasteiger partial charge in [-0.05, 0) is 45.1 Å². The van der Waals surface area contributed by atoms with Crippen LogP contribution < -0.4 is 0 Å². The van der Waals surface area contributed by atoms with E-state index in [4.69, 9.17) is 0 Å². The fraction of sp³-hybridized carbons (Fsp3) is 0.933. The van der Waals surface area contributed by atoms with E-state index in [1.165, 1.54) is 32.1 Å². The van der Waals surface area contributed by atoms with Crippen molar-refractivity contribution in [1.82, 2.24) is 4.90 Å². The first-order valence-electron chi connectivity index (χ1n) is 7.21. The second-order valence-corrected chi connectivity index (χ2v) is 6.12. The van der Waals surface area contributed by atoms with E-state index in [9.17, 15) is 4.79 Å². The number of carbonyl (C=O) groups excluding carboxylic acids is 1. The Morgan fingerprint density at radius 1 is 1.24 bits per heavy atom. The van der Waals surface area contributed by atoms with E-state index in [1.54, 1.807) is 0 Å². The highest BCUT2D eigenvalue weighted by molar-refractivity contribution is 5.58. The van der Waals surface area contributed by atoms with Crippen LogP contribution in [0.25, 0.3) is 0 Å². The third-order valence-electron chi connectivity index (χ3n) is 4.72. The first-order chi connectivity index (χ1) is 8.04. The number of nitrogens with zero attached hydrogens (tertiary/aromatic N) is 1. The molecule has 2 heteroatoms. The predicted octanol–water partition coefficient (Wildman–Crippen LogP) is 3.50. The third-order valence-corrected chi connectivity index (χ3v) is 4.72. The van der Waals surface area contributed by atoms with Crippen molar-refractivity contribution in [1.29, 1.82) is 0 Å². The Kier molecular flexibility index (Phi) is 5.64. The normalized spacial score (nSPS) is 29.0. The summed E-state index contributed by atoms with van der Waals surface area (Å²) in [4.78, 5) is 13.6. The maximum Gasteiger partial charge on any atom is 0.127 e. The van der Waals surface area contributed by atoms with E-state index in [2.05, 4.69) is 32.7 Å². The minimum Gasteiger partial charge on any atom is -0.303 e. The van der Waals surface area contributed by atoms with Crippen molar-refractivity contribution in [3.8, 4) is 0 Å². The summed E-state index contributed by atoms with van der Waals surface area (Å²) < 4.78 is 0. The second-order valence-electron chi connectivity index (χ2n) is 6.12. The van der Waals surface area contributed by atoms with Crippen molar-refractivity contribution in [2.24, 2.45) is 11.3 Å². The van der Waals surface area contributed by atoms with Crippen LogP contribution in [-0.4, -0.2) is 30.8 Å². The zero-order chi connectivity index (χ0) is 12.9. The van der Waals surface area contributed by atoms with Gasteiger partial charge in [0.25, 0.3) is 0 Å². The SMILES string of the molecule is CCC1CCC(N(C)CC(C)(C=O)CC)CC1. The molecule has 17 heavy (non-hydrogen) atoms. The third kappa shape index (κ3) is 4.09. The van der Waals surface area contributed by atoms with Gasteiger partial charge < -0.3 is 9.69 Å².